The minimum absolute atomic E-state index is 0.174. The van der Waals surface area contributed by atoms with E-state index >= 15 is 0 Å². The molecule has 0 fully saturated rings. The van der Waals surface area contributed by atoms with Crippen molar-refractivity contribution in [3.05, 3.63) is 56.2 Å². The third kappa shape index (κ3) is 2.54. The Kier molecular flexibility index (Phi) is 3.87. The summed E-state index contributed by atoms with van der Waals surface area (Å²) in [5.74, 6) is 0. The van der Waals surface area contributed by atoms with E-state index in [9.17, 15) is 0 Å². The molecule has 1 heterocycles. The normalized spacial score (nSPS) is 12.7. The summed E-state index contributed by atoms with van der Waals surface area (Å²) in [6, 6.07) is 6.53. The number of benzene rings is 1. The van der Waals surface area contributed by atoms with Crippen LogP contribution in [0.25, 0.3) is 0 Å². The predicted octanol–water partition coefficient (Wildman–Crippen LogP) is 4.33. The summed E-state index contributed by atoms with van der Waals surface area (Å²) in [7, 11) is 1.97. The first-order valence-electron chi connectivity index (χ1n) is 5.59. The van der Waals surface area contributed by atoms with Crippen molar-refractivity contribution in [3.8, 4) is 0 Å². The van der Waals surface area contributed by atoms with Gasteiger partial charge in [0.2, 0.25) is 0 Å². The Labute approximate surface area is 111 Å². The second-order valence-corrected chi connectivity index (χ2v) is 5.42. The topological polar surface area (TPSA) is 12.0 Å². The molecule has 1 unspecified atom stereocenters. The van der Waals surface area contributed by atoms with E-state index < -0.39 is 0 Å². The largest absolute Gasteiger partial charge is 0.309 e. The molecule has 0 saturated heterocycles. The van der Waals surface area contributed by atoms with Crippen molar-refractivity contribution in [1.29, 1.82) is 0 Å². The van der Waals surface area contributed by atoms with Crippen molar-refractivity contribution in [2.75, 3.05) is 7.05 Å². The molecule has 0 amide bonds. The van der Waals surface area contributed by atoms with Crippen LogP contribution in [-0.2, 0) is 0 Å². The Bertz CT molecular complexity index is 505. The molecule has 1 aromatic heterocycles. The molecule has 0 radical (unpaired) electrons. The van der Waals surface area contributed by atoms with Crippen LogP contribution in [0.15, 0.2) is 29.0 Å². The summed E-state index contributed by atoms with van der Waals surface area (Å²) in [6.45, 7) is 4.21. The summed E-state index contributed by atoms with van der Waals surface area (Å²) in [5.41, 5.74) is 4.93. The molecule has 1 aromatic carbocycles. The van der Waals surface area contributed by atoms with Crippen molar-refractivity contribution in [3.63, 3.8) is 0 Å². The van der Waals surface area contributed by atoms with Crippen molar-refractivity contribution < 1.29 is 0 Å². The summed E-state index contributed by atoms with van der Waals surface area (Å²) in [4.78, 5) is 0. The molecule has 0 aliphatic carbocycles. The van der Waals surface area contributed by atoms with E-state index in [1.165, 1.54) is 16.7 Å². The fourth-order valence-corrected chi connectivity index (χ4v) is 2.98. The molecule has 0 aliphatic rings. The van der Waals surface area contributed by atoms with Crippen LogP contribution in [0.4, 0.5) is 0 Å². The first-order chi connectivity index (χ1) is 8.13. The molecule has 1 nitrogen and oxygen atoms in total. The second kappa shape index (κ2) is 5.21. The van der Waals surface area contributed by atoms with Crippen LogP contribution in [0, 0.1) is 13.8 Å². The Morgan fingerprint density at radius 1 is 1.24 bits per heavy atom. The molecule has 1 N–H and O–H groups in total. The molecule has 90 valence electrons. The zero-order valence-electron chi connectivity index (χ0n) is 10.3. The molecule has 0 aliphatic heterocycles. The molecule has 0 bridgehead atoms. The fourth-order valence-electron chi connectivity index (χ4n) is 1.97. The van der Waals surface area contributed by atoms with Crippen LogP contribution in [0.2, 0.25) is 5.02 Å². The summed E-state index contributed by atoms with van der Waals surface area (Å²) in [6.07, 6.45) is 0. The summed E-state index contributed by atoms with van der Waals surface area (Å²) in [5, 5.41) is 8.41. The average Bonchev–Trinajstić information content (AvgIpc) is 2.80. The van der Waals surface area contributed by atoms with Crippen LogP contribution in [0.3, 0.4) is 0 Å². The Morgan fingerprint density at radius 2 is 1.94 bits per heavy atom. The van der Waals surface area contributed by atoms with Gasteiger partial charge in [-0.05, 0) is 66.0 Å². The first-order valence-corrected chi connectivity index (χ1v) is 6.91. The van der Waals surface area contributed by atoms with Gasteiger partial charge in [0.1, 0.15) is 0 Å². The molecule has 1 atom stereocenters. The monoisotopic (exact) mass is 265 g/mol. The van der Waals surface area contributed by atoms with Crippen molar-refractivity contribution in [2.24, 2.45) is 0 Å². The molecular formula is C14H16ClNS. The van der Waals surface area contributed by atoms with Gasteiger partial charge in [-0.15, -0.1) is 0 Å². The highest BCUT2D eigenvalue weighted by Gasteiger charge is 2.16. The zero-order valence-corrected chi connectivity index (χ0v) is 11.8. The van der Waals surface area contributed by atoms with Crippen LogP contribution in [0.1, 0.15) is 28.3 Å². The van der Waals surface area contributed by atoms with Gasteiger partial charge in [0.25, 0.3) is 0 Å². The van der Waals surface area contributed by atoms with Gasteiger partial charge in [0, 0.05) is 5.02 Å². The Morgan fingerprint density at radius 3 is 2.53 bits per heavy atom. The highest BCUT2D eigenvalue weighted by molar-refractivity contribution is 7.08. The Hall–Kier alpha value is -0.830. The van der Waals surface area contributed by atoms with Gasteiger partial charge >= 0.3 is 0 Å². The standard InChI is InChI=1S/C14H16ClNS/c1-9-6-12(13(15)7-10(9)2)14(16-3)11-4-5-17-8-11/h4-8,14,16H,1-3H3. The number of thiophene rings is 1. The zero-order chi connectivity index (χ0) is 12.4. The van der Waals surface area contributed by atoms with Gasteiger partial charge in [0.05, 0.1) is 6.04 Å². The SMILES string of the molecule is CNC(c1ccsc1)c1cc(C)c(C)cc1Cl. The van der Waals surface area contributed by atoms with Gasteiger partial charge in [-0.3, -0.25) is 0 Å². The first kappa shape index (κ1) is 12.6. The third-order valence-corrected chi connectivity index (χ3v) is 4.12. The van der Waals surface area contributed by atoms with E-state index in [4.69, 9.17) is 11.6 Å². The minimum Gasteiger partial charge on any atom is -0.309 e. The van der Waals surface area contributed by atoms with Crippen LogP contribution < -0.4 is 5.32 Å². The Balaban J connectivity index is 2.48. The maximum atomic E-state index is 6.36. The quantitative estimate of drug-likeness (QED) is 0.871. The number of nitrogens with one attached hydrogen (secondary N) is 1. The lowest BCUT2D eigenvalue weighted by Gasteiger charge is -2.18. The van der Waals surface area contributed by atoms with E-state index in [-0.39, 0.29) is 6.04 Å². The van der Waals surface area contributed by atoms with E-state index in [0.717, 1.165) is 10.6 Å². The maximum Gasteiger partial charge on any atom is 0.0597 e. The fraction of sp³-hybridized carbons (Fsp3) is 0.286. The number of aryl methyl sites for hydroxylation is 2. The lowest BCUT2D eigenvalue weighted by atomic mass is 9.97. The molecule has 3 heteroatoms. The highest BCUT2D eigenvalue weighted by Crippen LogP contribution is 2.31. The van der Waals surface area contributed by atoms with E-state index in [0.29, 0.717) is 0 Å². The second-order valence-electron chi connectivity index (χ2n) is 4.24. The van der Waals surface area contributed by atoms with Crippen LogP contribution >= 0.6 is 22.9 Å². The van der Waals surface area contributed by atoms with Crippen molar-refractivity contribution in [2.45, 2.75) is 19.9 Å². The van der Waals surface area contributed by atoms with E-state index in [2.05, 4.69) is 42.1 Å². The number of rotatable bonds is 3. The third-order valence-electron chi connectivity index (χ3n) is 3.09. The summed E-state index contributed by atoms with van der Waals surface area (Å²) < 4.78 is 0. The van der Waals surface area contributed by atoms with Crippen LogP contribution in [-0.4, -0.2) is 7.05 Å². The number of halogens is 1. The smallest absolute Gasteiger partial charge is 0.0597 e. The lowest BCUT2D eigenvalue weighted by Crippen LogP contribution is -2.17. The minimum atomic E-state index is 0.174. The van der Waals surface area contributed by atoms with Gasteiger partial charge in [-0.1, -0.05) is 17.7 Å². The summed E-state index contributed by atoms with van der Waals surface area (Å²) >= 11 is 8.06. The molecule has 0 spiro atoms. The van der Waals surface area contributed by atoms with Crippen molar-refractivity contribution in [1.82, 2.24) is 5.32 Å². The molecule has 2 rings (SSSR count). The predicted molar refractivity (Wildman–Crippen MR) is 76.1 cm³/mol. The van der Waals surface area contributed by atoms with Gasteiger partial charge in [-0.25, -0.2) is 0 Å². The average molecular weight is 266 g/mol. The number of hydrogen-bond donors (Lipinski definition) is 1. The van der Waals surface area contributed by atoms with Gasteiger partial charge in [0.15, 0.2) is 0 Å². The van der Waals surface area contributed by atoms with E-state index in [1.54, 1.807) is 11.3 Å². The van der Waals surface area contributed by atoms with Gasteiger partial charge < -0.3 is 5.32 Å². The molecular weight excluding hydrogens is 250 g/mol. The van der Waals surface area contributed by atoms with E-state index in [1.807, 2.05) is 13.1 Å². The molecule has 17 heavy (non-hydrogen) atoms. The molecule has 2 aromatic rings. The number of hydrogen-bond acceptors (Lipinski definition) is 2. The lowest BCUT2D eigenvalue weighted by molar-refractivity contribution is 0.693. The van der Waals surface area contributed by atoms with Crippen molar-refractivity contribution >= 4 is 22.9 Å². The highest BCUT2D eigenvalue weighted by atomic mass is 35.5. The van der Waals surface area contributed by atoms with Crippen LogP contribution in [0.5, 0.6) is 0 Å². The molecule has 0 saturated carbocycles. The maximum absolute atomic E-state index is 6.36. The van der Waals surface area contributed by atoms with Gasteiger partial charge in [-0.2, -0.15) is 11.3 Å².